The number of aromatic amines is 1. The van der Waals surface area contributed by atoms with Crippen molar-refractivity contribution in [3.8, 4) is 0 Å². The van der Waals surface area contributed by atoms with E-state index >= 15 is 0 Å². The quantitative estimate of drug-likeness (QED) is 0.726. The summed E-state index contributed by atoms with van der Waals surface area (Å²) in [5.74, 6) is 0.504. The first-order valence-corrected chi connectivity index (χ1v) is 9.84. The second-order valence-corrected chi connectivity index (χ2v) is 8.33. The molecule has 1 fully saturated rings. The monoisotopic (exact) mass is 395 g/mol. The average molecular weight is 395 g/mol. The summed E-state index contributed by atoms with van der Waals surface area (Å²) in [4.78, 5) is 7.24. The van der Waals surface area contributed by atoms with Crippen LogP contribution in [-0.4, -0.2) is 29.2 Å². The number of aromatic nitrogens is 2. The fourth-order valence-electron chi connectivity index (χ4n) is 3.40. The molecule has 0 amide bonds. The third-order valence-electron chi connectivity index (χ3n) is 4.69. The van der Waals surface area contributed by atoms with E-state index in [4.69, 9.17) is 0 Å². The standard InChI is InChI=1S/C18H16F3N3O2S/c19-18(20,21)12-5-3-6-13(11-12)27(25,26)24-10-4-9-16(24)17-22-14-7-1-2-8-15(14)23-17/h1-3,5-8,11,16H,4,9-10H2,(H,22,23). The number of H-pyrrole nitrogens is 1. The summed E-state index contributed by atoms with van der Waals surface area (Å²) in [6.45, 7) is 0.236. The van der Waals surface area contributed by atoms with Crippen LogP contribution in [0.25, 0.3) is 11.0 Å². The molecule has 1 N–H and O–H groups in total. The first-order chi connectivity index (χ1) is 12.8. The highest BCUT2D eigenvalue weighted by molar-refractivity contribution is 7.89. The van der Waals surface area contributed by atoms with E-state index in [1.807, 2.05) is 24.3 Å². The van der Waals surface area contributed by atoms with E-state index in [1.54, 1.807) is 0 Å². The van der Waals surface area contributed by atoms with Crippen molar-refractivity contribution < 1.29 is 21.6 Å². The second kappa shape index (κ2) is 6.35. The van der Waals surface area contributed by atoms with E-state index < -0.39 is 27.8 Å². The zero-order chi connectivity index (χ0) is 19.2. The molecule has 1 atom stereocenters. The van der Waals surface area contributed by atoms with Crippen LogP contribution in [0.15, 0.2) is 53.4 Å². The topological polar surface area (TPSA) is 66.1 Å². The number of nitrogens with zero attached hydrogens (tertiary/aromatic N) is 2. The van der Waals surface area contributed by atoms with Gasteiger partial charge < -0.3 is 4.98 Å². The molecule has 0 aliphatic carbocycles. The number of imidazole rings is 1. The normalized spacial score (nSPS) is 19.0. The molecule has 0 spiro atoms. The lowest BCUT2D eigenvalue weighted by Crippen LogP contribution is -2.31. The summed E-state index contributed by atoms with van der Waals surface area (Å²) in [6, 6.07) is 10.7. The lowest BCUT2D eigenvalue weighted by atomic mass is 10.2. The minimum absolute atomic E-state index is 0.236. The Hall–Kier alpha value is -2.39. The number of para-hydroxylation sites is 2. The number of alkyl halides is 3. The highest BCUT2D eigenvalue weighted by Crippen LogP contribution is 2.37. The number of fused-ring (bicyclic) bond motifs is 1. The van der Waals surface area contributed by atoms with Crippen molar-refractivity contribution in [2.45, 2.75) is 30.0 Å². The molecule has 2 aromatic carbocycles. The Kier molecular flexibility index (Phi) is 4.23. The van der Waals surface area contributed by atoms with Crippen LogP contribution in [0, 0.1) is 0 Å². The van der Waals surface area contributed by atoms with Gasteiger partial charge in [0, 0.05) is 6.54 Å². The first-order valence-electron chi connectivity index (χ1n) is 8.40. The van der Waals surface area contributed by atoms with Gasteiger partial charge in [-0.2, -0.15) is 17.5 Å². The predicted molar refractivity (Wildman–Crippen MR) is 93.4 cm³/mol. The van der Waals surface area contributed by atoms with E-state index in [2.05, 4.69) is 9.97 Å². The van der Waals surface area contributed by atoms with Gasteiger partial charge in [0.15, 0.2) is 0 Å². The van der Waals surface area contributed by atoms with Gasteiger partial charge in [0.2, 0.25) is 10.0 Å². The molecule has 0 radical (unpaired) electrons. The molecule has 0 bridgehead atoms. The van der Waals surface area contributed by atoms with Crippen LogP contribution < -0.4 is 0 Å². The Morgan fingerprint density at radius 2 is 1.89 bits per heavy atom. The van der Waals surface area contributed by atoms with Crippen LogP contribution in [0.1, 0.15) is 30.3 Å². The van der Waals surface area contributed by atoms with E-state index in [1.165, 1.54) is 10.4 Å². The minimum atomic E-state index is -4.60. The largest absolute Gasteiger partial charge is 0.416 e. The number of halogens is 3. The Labute approximate surface area is 153 Å². The fourth-order valence-corrected chi connectivity index (χ4v) is 5.11. The molecular weight excluding hydrogens is 379 g/mol. The summed E-state index contributed by atoms with van der Waals surface area (Å²) in [7, 11) is -4.08. The molecule has 1 unspecified atom stereocenters. The maximum atomic E-state index is 13.0. The Balaban J connectivity index is 1.72. The number of hydrogen-bond acceptors (Lipinski definition) is 3. The molecule has 1 aliphatic heterocycles. The number of sulfonamides is 1. The molecule has 27 heavy (non-hydrogen) atoms. The molecule has 1 aliphatic rings. The summed E-state index contributed by atoms with van der Waals surface area (Å²) >= 11 is 0. The Morgan fingerprint density at radius 3 is 2.63 bits per heavy atom. The van der Waals surface area contributed by atoms with Crippen molar-refractivity contribution >= 4 is 21.1 Å². The summed E-state index contributed by atoms with van der Waals surface area (Å²) in [6.07, 6.45) is -3.44. The smallest absolute Gasteiger partial charge is 0.341 e. The molecule has 0 saturated carbocycles. The molecule has 9 heteroatoms. The molecular formula is C18H16F3N3O2S. The van der Waals surface area contributed by atoms with Crippen LogP contribution in [0.4, 0.5) is 13.2 Å². The number of rotatable bonds is 3. The SMILES string of the molecule is O=S(=O)(c1cccc(C(F)(F)F)c1)N1CCCC1c1nc2ccccc2[nH]1. The molecule has 2 heterocycles. The van der Waals surface area contributed by atoms with Crippen molar-refractivity contribution in [3.63, 3.8) is 0 Å². The van der Waals surface area contributed by atoms with Crippen LogP contribution >= 0.6 is 0 Å². The van der Waals surface area contributed by atoms with Crippen molar-refractivity contribution in [1.82, 2.24) is 14.3 Å². The second-order valence-electron chi connectivity index (χ2n) is 6.44. The third kappa shape index (κ3) is 3.21. The Bertz CT molecular complexity index is 1060. The van der Waals surface area contributed by atoms with E-state index in [9.17, 15) is 21.6 Å². The first kappa shape index (κ1) is 18.0. The van der Waals surface area contributed by atoms with Crippen molar-refractivity contribution in [1.29, 1.82) is 0 Å². The molecule has 5 nitrogen and oxygen atoms in total. The van der Waals surface area contributed by atoms with Gasteiger partial charge in [-0.15, -0.1) is 0 Å². The maximum Gasteiger partial charge on any atom is 0.416 e. The number of benzene rings is 2. The van der Waals surface area contributed by atoms with Gasteiger partial charge in [-0.25, -0.2) is 13.4 Å². The molecule has 4 rings (SSSR count). The zero-order valence-corrected chi connectivity index (χ0v) is 14.9. The van der Waals surface area contributed by atoms with Crippen LogP contribution in [0.5, 0.6) is 0 Å². The van der Waals surface area contributed by atoms with Gasteiger partial charge >= 0.3 is 6.18 Å². The summed E-state index contributed by atoms with van der Waals surface area (Å²) in [5, 5.41) is 0. The van der Waals surface area contributed by atoms with E-state index in [0.717, 1.165) is 23.2 Å². The maximum absolute atomic E-state index is 13.0. The molecule has 142 valence electrons. The van der Waals surface area contributed by atoms with Gasteiger partial charge in [0.1, 0.15) is 5.82 Å². The third-order valence-corrected chi connectivity index (χ3v) is 6.60. The lowest BCUT2D eigenvalue weighted by molar-refractivity contribution is -0.137. The number of nitrogens with one attached hydrogen (secondary N) is 1. The fraction of sp³-hybridized carbons (Fsp3) is 0.278. The Morgan fingerprint density at radius 1 is 1.11 bits per heavy atom. The van der Waals surface area contributed by atoms with Crippen molar-refractivity contribution in [2.75, 3.05) is 6.54 Å². The summed E-state index contributed by atoms with van der Waals surface area (Å²) in [5.41, 5.74) is 0.523. The molecule has 1 aromatic heterocycles. The van der Waals surface area contributed by atoms with Crippen LogP contribution in [-0.2, 0) is 16.2 Å². The van der Waals surface area contributed by atoms with Gasteiger partial charge in [-0.3, -0.25) is 0 Å². The highest BCUT2D eigenvalue weighted by atomic mass is 32.2. The molecule has 1 saturated heterocycles. The number of hydrogen-bond donors (Lipinski definition) is 1. The van der Waals surface area contributed by atoms with E-state index in [-0.39, 0.29) is 11.4 Å². The van der Waals surface area contributed by atoms with Gasteiger partial charge in [0.25, 0.3) is 0 Å². The summed E-state index contributed by atoms with van der Waals surface area (Å²) < 4.78 is 66.2. The van der Waals surface area contributed by atoms with Crippen LogP contribution in [0.3, 0.4) is 0 Å². The van der Waals surface area contributed by atoms with Gasteiger partial charge in [-0.05, 0) is 43.2 Å². The average Bonchev–Trinajstić information content (AvgIpc) is 3.28. The highest BCUT2D eigenvalue weighted by Gasteiger charge is 2.39. The van der Waals surface area contributed by atoms with Gasteiger partial charge in [-0.1, -0.05) is 18.2 Å². The minimum Gasteiger partial charge on any atom is -0.341 e. The van der Waals surface area contributed by atoms with E-state index in [0.29, 0.717) is 24.7 Å². The molecule has 3 aromatic rings. The van der Waals surface area contributed by atoms with Gasteiger partial charge in [0.05, 0.1) is 27.5 Å². The predicted octanol–water partition coefficient (Wildman–Crippen LogP) is 4.11. The van der Waals surface area contributed by atoms with Crippen molar-refractivity contribution in [3.05, 3.63) is 59.9 Å². The van der Waals surface area contributed by atoms with Crippen molar-refractivity contribution in [2.24, 2.45) is 0 Å². The van der Waals surface area contributed by atoms with Crippen LogP contribution in [0.2, 0.25) is 0 Å². The zero-order valence-electron chi connectivity index (χ0n) is 14.1. The lowest BCUT2D eigenvalue weighted by Gasteiger charge is -2.23.